The maximum atomic E-state index is 8.71. The second-order valence-corrected chi connectivity index (χ2v) is 6.05. The first-order valence-electron chi connectivity index (χ1n) is 7.86. The lowest BCUT2D eigenvalue weighted by atomic mass is 10.1. The predicted molar refractivity (Wildman–Crippen MR) is 100.0 cm³/mol. The van der Waals surface area contributed by atoms with Crippen LogP contribution in [0.2, 0.25) is 5.15 Å². The van der Waals surface area contributed by atoms with E-state index in [0.29, 0.717) is 29.7 Å². The van der Waals surface area contributed by atoms with E-state index in [1.54, 1.807) is 12.2 Å². The topological polar surface area (TPSA) is 79.9 Å². The van der Waals surface area contributed by atoms with Crippen LogP contribution >= 0.6 is 11.6 Å². The molecule has 1 aromatic carbocycles. The smallest absolute Gasteiger partial charge is 0.159 e. The number of halogens is 1. The predicted octanol–water partition coefficient (Wildman–Crippen LogP) is 3.02. The van der Waals surface area contributed by atoms with Crippen molar-refractivity contribution in [3.63, 3.8) is 0 Å². The minimum Gasteiger partial charge on any atom is -0.354 e. The average molecular weight is 353 g/mol. The number of anilines is 1. The minimum atomic E-state index is 0.339. The minimum absolute atomic E-state index is 0.339. The van der Waals surface area contributed by atoms with Gasteiger partial charge >= 0.3 is 0 Å². The quantitative estimate of drug-likeness (QED) is 0.397. The molecule has 0 bridgehead atoms. The van der Waals surface area contributed by atoms with Crippen LogP contribution < -0.4 is 4.90 Å². The summed E-state index contributed by atoms with van der Waals surface area (Å²) in [6.07, 6.45) is 3.17. The number of piperazine rings is 1. The third-order valence-corrected chi connectivity index (χ3v) is 4.41. The summed E-state index contributed by atoms with van der Waals surface area (Å²) in [4.78, 5) is 4.12. The van der Waals surface area contributed by atoms with Crippen LogP contribution in [0.1, 0.15) is 0 Å². The first-order chi connectivity index (χ1) is 12.1. The van der Waals surface area contributed by atoms with E-state index >= 15 is 0 Å². The van der Waals surface area contributed by atoms with Crippen molar-refractivity contribution in [2.45, 2.75) is 0 Å². The molecule has 0 amide bonds. The third-order valence-electron chi connectivity index (χ3n) is 4.13. The monoisotopic (exact) mass is 352 g/mol. The van der Waals surface area contributed by atoms with Crippen molar-refractivity contribution in [3.05, 3.63) is 53.7 Å². The number of hydrogen-bond donors (Lipinski definition) is 1. The van der Waals surface area contributed by atoms with Crippen LogP contribution in [0.4, 0.5) is 5.82 Å². The Morgan fingerprint density at radius 2 is 1.84 bits per heavy atom. The van der Waals surface area contributed by atoms with E-state index in [4.69, 9.17) is 22.3 Å². The van der Waals surface area contributed by atoms with Gasteiger partial charge in [0.1, 0.15) is 5.84 Å². The van der Waals surface area contributed by atoms with Gasteiger partial charge in [-0.1, -0.05) is 42.4 Å². The van der Waals surface area contributed by atoms with Crippen LogP contribution in [0, 0.1) is 16.7 Å². The Kier molecular flexibility index (Phi) is 4.96. The van der Waals surface area contributed by atoms with Crippen LogP contribution in [-0.2, 0) is 0 Å². The van der Waals surface area contributed by atoms with Gasteiger partial charge in [0, 0.05) is 42.5 Å². The molecule has 2 heterocycles. The molecule has 7 heteroatoms. The Bertz CT molecular complexity index is 890. The maximum absolute atomic E-state index is 8.71. The van der Waals surface area contributed by atoms with Crippen LogP contribution in [0.5, 0.6) is 0 Å². The third kappa shape index (κ3) is 3.62. The number of allylic oxidation sites excluding steroid dienone is 2. The van der Waals surface area contributed by atoms with Crippen molar-refractivity contribution in [1.82, 2.24) is 15.1 Å². The van der Waals surface area contributed by atoms with E-state index < -0.39 is 0 Å². The van der Waals surface area contributed by atoms with Crippen molar-refractivity contribution in [3.8, 4) is 6.07 Å². The van der Waals surface area contributed by atoms with Crippen molar-refractivity contribution in [2.24, 2.45) is 0 Å². The molecule has 1 aromatic heterocycles. The molecule has 0 unspecified atom stereocenters. The van der Waals surface area contributed by atoms with E-state index in [2.05, 4.69) is 21.7 Å². The van der Waals surface area contributed by atoms with Gasteiger partial charge in [0.15, 0.2) is 11.0 Å². The van der Waals surface area contributed by atoms with Crippen LogP contribution in [0.25, 0.3) is 10.8 Å². The summed E-state index contributed by atoms with van der Waals surface area (Å²) in [6, 6.07) is 9.77. The number of aromatic nitrogens is 2. The molecule has 2 aromatic rings. The average Bonchev–Trinajstić information content (AvgIpc) is 2.66. The van der Waals surface area contributed by atoms with Gasteiger partial charge in [-0.05, 0) is 12.2 Å². The Balaban J connectivity index is 1.72. The van der Waals surface area contributed by atoms with Gasteiger partial charge in [-0.15, -0.1) is 10.2 Å². The Hall–Kier alpha value is -2.91. The SMILES string of the molecule is C=C(C#N)/C=C\C(=N)N1CCN(c2nnc(Cl)c3ccccc23)CC1. The largest absolute Gasteiger partial charge is 0.354 e. The first-order valence-corrected chi connectivity index (χ1v) is 8.24. The van der Waals surface area contributed by atoms with Crippen molar-refractivity contribution in [1.29, 1.82) is 10.7 Å². The van der Waals surface area contributed by atoms with E-state index in [1.165, 1.54) is 0 Å². The van der Waals surface area contributed by atoms with Crippen LogP contribution in [0.15, 0.2) is 48.6 Å². The van der Waals surface area contributed by atoms with Gasteiger partial charge in [0.05, 0.1) is 6.07 Å². The molecular formula is C18H17ClN6. The van der Waals surface area contributed by atoms with Gasteiger partial charge in [-0.2, -0.15) is 5.26 Å². The number of hydrogen-bond acceptors (Lipinski definition) is 5. The molecule has 1 saturated heterocycles. The second kappa shape index (κ2) is 7.32. The van der Waals surface area contributed by atoms with Crippen molar-refractivity contribution >= 4 is 34.0 Å². The highest BCUT2D eigenvalue weighted by atomic mass is 35.5. The van der Waals surface area contributed by atoms with Gasteiger partial charge in [0.2, 0.25) is 0 Å². The number of nitrogens with one attached hydrogen (secondary N) is 1. The molecule has 0 spiro atoms. The molecule has 3 rings (SSSR count). The summed E-state index contributed by atoms with van der Waals surface area (Å²) in [5.74, 6) is 1.20. The van der Waals surface area contributed by atoms with Crippen molar-refractivity contribution in [2.75, 3.05) is 31.1 Å². The second-order valence-electron chi connectivity index (χ2n) is 5.69. The standard InChI is InChI=1S/C18H17ClN6/c1-13(12-20)6-7-16(21)24-8-10-25(11-9-24)18-15-5-3-2-4-14(15)17(19)22-23-18/h2-7,21H,1,8-11H2/b7-6-,21-16?. The molecule has 0 radical (unpaired) electrons. The lowest BCUT2D eigenvalue weighted by molar-refractivity contribution is 0.384. The molecule has 25 heavy (non-hydrogen) atoms. The summed E-state index contributed by atoms with van der Waals surface area (Å²) in [5, 5.41) is 27.4. The molecule has 1 N–H and O–H groups in total. The number of benzene rings is 1. The van der Waals surface area contributed by atoms with E-state index in [9.17, 15) is 0 Å². The van der Waals surface area contributed by atoms with Gasteiger partial charge in [0.25, 0.3) is 0 Å². The molecule has 1 fully saturated rings. The van der Waals surface area contributed by atoms with Gasteiger partial charge < -0.3 is 9.80 Å². The molecule has 0 atom stereocenters. The van der Waals surface area contributed by atoms with Crippen LogP contribution in [-0.4, -0.2) is 47.1 Å². The highest BCUT2D eigenvalue weighted by Crippen LogP contribution is 2.28. The zero-order valence-electron chi connectivity index (χ0n) is 13.6. The number of fused-ring (bicyclic) bond motifs is 1. The number of nitriles is 1. The van der Waals surface area contributed by atoms with E-state index in [0.717, 1.165) is 29.7 Å². The van der Waals surface area contributed by atoms with Gasteiger partial charge in [-0.3, -0.25) is 5.41 Å². The summed E-state index contributed by atoms with van der Waals surface area (Å²) < 4.78 is 0. The normalized spacial score (nSPS) is 14.7. The van der Waals surface area contributed by atoms with E-state index in [1.807, 2.05) is 35.2 Å². The molecule has 0 saturated carbocycles. The van der Waals surface area contributed by atoms with Gasteiger partial charge in [-0.25, -0.2) is 0 Å². The summed E-state index contributed by atoms with van der Waals surface area (Å²) in [7, 11) is 0. The fourth-order valence-electron chi connectivity index (χ4n) is 2.77. The Labute approximate surface area is 151 Å². The fourth-order valence-corrected chi connectivity index (χ4v) is 2.97. The highest BCUT2D eigenvalue weighted by Gasteiger charge is 2.21. The zero-order chi connectivity index (χ0) is 17.8. The first kappa shape index (κ1) is 16.9. The molecule has 6 nitrogen and oxygen atoms in total. The number of nitrogens with zero attached hydrogens (tertiary/aromatic N) is 5. The summed E-state index contributed by atoms with van der Waals surface area (Å²) >= 11 is 6.14. The van der Waals surface area contributed by atoms with Crippen molar-refractivity contribution < 1.29 is 0 Å². The molecular weight excluding hydrogens is 336 g/mol. The number of amidine groups is 1. The fraction of sp³-hybridized carbons (Fsp3) is 0.222. The van der Waals surface area contributed by atoms with E-state index in [-0.39, 0.29) is 0 Å². The Morgan fingerprint density at radius 3 is 2.52 bits per heavy atom. The molecule has 0 aliphatic carbocycles. The van der Waals surface area contributed by atoms with Crippen LogP contribution in [0.3, 0.4) is 0 Å². The lowest BCUT2D eigenvalue weighted by Crippen LogP contribution is -2.48. The zero-order valence-corrected chi connectivity index (χ0v) is 14.4. The Morgan fingerprint density at radius 1 is 1.16 bits per heavy atom. The highest BCUT2D eigenvalue weighted by molar-refractivity contribution is 6.34. The summed E-state index contributed by atoms with van der Waals surface area (Å²) in [6.45, 7) is 6.43. The molecule has 126 valence electrons. The lowest BCUT2D eigenvalue weighted by Gasteiger charge is -2.36. The molecule has 1 aliphatic heterocycles. The maximum Gasteiger partial charge on any atom is 0.159 e. The molecule has 1 aliphatic rings. The summed E-state index contributed by atoms with van der Waals surface area (Å²) in [5.41, 5.74) is 0.339. The number of rotatable bonds is 3.